The molecule has 0 bridgehead atoms. The van der Waals surface area contributed by atoms with E-state index in [1.165, 1.54) is 36.7 Å². The van der Waals surface area contributed by atoms with Crippen LogP contribution in [0.1, 0.15) is 50.3 Å². The molecule has 2 amide bonds. The second kappa shape index (κ2) is 47.1. The Balaban J connectivity index is 0.000000156. The Hall–Kier alpha value is -18.4. The van der Waals surface area contributed by atoms with E-state index in [1.807, 2.05) is 219 Å². The van der Waals surface area contributed by atoms with E-state index in [1.54, 1.807) is 109 Å². The third kappa shape index (κ3) is 25.3. The molecular formula is C109H84Cl3N18O8+. The van der Waals surface area contributed by atoms with E-state index in [4.69, 9.17) is 50.5 Å². The predicted molar refractivity (Wildman–Crippen MR) is 551 cm³/mol. The number of benzene rings is 12. The normalized spacial score (nSPS) is 10.3. The van der Waals surface area contributed by atoms with Crippen LogP contribution in [-0.2, 0) is 0 Å². The van der Waals surface area contributed by atoms with Gasteiger partial charge in [-0.2, -0.15) is 0 Å². The van der Waals surface area contributed by atoms with Crippen molar-refractivity contribution in [2.45, 2.75) is 7.43 Å². The molecule has 0 fully saturated rings. The number of rotatable bonds is 21. The van der Waals surface area contributed by atoms with Crippen LogP contribution in [0.2, 0.25) is 5.15 Å². The van der Waals surface area contributed by atoms with Crippen molar-refractivity contribution in [3.63, 3.8) is 0 Å². The minimum atomic E-state index is -0.574. The predicted octanol–water partition coefficient (Wildman–Crippen LogP) is 26.8. The van der Waals surface area contributed by atoms with Gasteiger partial charge < -0.3 is 32.3 Å². The maximum absolute atomic E-state index is 13.0. The van der Waals surface area contributed by atoms with Crippen molar-refractivity contribution >= 4 is 142 Å². The van der Waals surface area contributed by atoms with E-state index in [0.717, 1.165) is 113 Å². The number of carbonyl (C=O) groups is 4. The van der Waals surface area contributed by atoms with Gasteiger partial charge in [0.05, 0.1) is 21.2 Å². The van der Waals surface area contributed by atoms with Gasteiger partial charge in [-0.1, -0.05) is 225 Å². The Bertz CT molecular complexity index is 7180. The fraction of sp³-hybridized carbons (Fsp3) is 0.00917. The quantitative estimate of drug-likeness (QED) is 0.0128. The topological polar surface area (TPSA) is 354 Å². The zero-order chi connectivity index (χ0) is 95.2. The molecule has 8 heterocycles. The molecule has 12 aromatic carbocycles. The zero-order valence-corrected chi connectivity index (χ0v) is 74.7. The van der Waals surface area contributed by atoms with Gasteiger partial charge in [0.2, 0.25) is 11.0 Å². The van der Waals surface area contributed by atoms with E-state index in [-0.39, 0.29) is 43.0 Å². The number of fused-ring (bicyclic) bond motifs is 2. The molecule has 0 spiro atoms. The molecule has 678 valence electrons. The molecule has 0 saturated heterocycles. The number of halogens is 3. The first-order valence-corrected chi connectivity index (χ1v) is 43.5. The molecule has 0 aliphatic rings. The Labute approximate surface area is 809 Å². The van der Waals surface area contributed by atoms with Crippen molar-refractivity contribution in [3.8, 4) is 67.5 Å². The van der Waals surface area contributed by atoms with Crippen molar-refractivity contribution in [3.05, 3.63) is 485 Å². The second-order valence-corrected chi connectivity index (χ2v) is 30.8. The average molecular weight is 1880 g/mol. The number of nitrogens with two attached hydrogens (primary N) is 1. The first kappa shape index (κ1) is 95.7. The number of hydrogen-bond donors (Lipinski definition) is 6. The SMILES string of the molecule is C.Nc1ccccc1.O=C(Cl)c1ccc(-c2ccc(C(=O)Cl)cc2)cc1.O=C(Nc1cccnc1Nc1ccccc1)c1ccc(-c2ccc(C(=O)Nc3cccnc3Nc3ccccc3)cc2)cc1.O=[N+]([O-])c1cccnc1Cl.O=[N+]([O-])c1cccnc1Nc1ccccc1.[H+].c1ccc(-n2c(-c3ccc(-c4ccc(-c5nc6cccnc6n5-c5ccccc5)cc4)cc3)nc3cccnc32)cc1. The van der Waals surface area contributed by atoms with Gasteiger partial charge in [0.25, 0.3) is 22.3 Å². The number of nitrogens with one attached hydrogen (secondary N) is 5. The molecule has 0 radical (unpaired) electrons. The zero-order valence-electron chi connectivity index (χ0n) is 73.4. The molecule has 7 N–H and O–H groups in total. The lowest BCUT2D eigenvalue weighted by atomic mass is 10.0. The van der Waals surface area contributed by atoms with Gasteiger partial charge in [0.15, 0.2) is 22.9 Å². The van der Waals surface area contributed by atoms with Gasteiger partial charge in [0, 0.05) is 117 Å². The lowest BCUT2D eigenvalue weighted by Crippen LogP contribution is -2.13. The number of hydrogen-bond acceptors (Lipinski definition) is 20. The molecule has 0 saturated carbocycles. The minimum absolute atomic E-state index is 0. The fourth-order valence-electron chi connectivity index (χ4n) is 13.9. The summed E-state index contributed by atoms with van der Waals surface area (Å²) in [5.41, 5.74) is 25.1. The highest BCUT2D eigenvalue weighted by molar-refractivity contribution is 6.68. The molecule has 0 aliphatic carbocycles. The van der Waals surface area contributed by atoms with Crippen LogP contribution < -0.4 is 32.3 Å². The molecule has 0 atom stereocenters. The van der Waals surface area contributed by atoms with Crippen LogP contribution in [0.15, 0.2) is 438 Å². The van der Waals surface area contributed by atoms with Crippen LogP contribution in [0.25, 0.3) is 89.9 Å². The molecule has 0 aliphatic heterocycles. The first-order chi connectivity index (χ1) is 66.9. The van der Waals surface area contributed by atoms with Crippen molar-refractivity contribution in [2.75, 3.05) is 32.3 Å². The minimum Gasteiger partial charge on any atom is -0.399 e. The van der Waals surface area contributed by atoms with Gasteiger partial charge in [0.1, 0.15) is 22.7 Å². The van der Waals surface area contributed by atoms with Crippen LogP contribution in [-0.4, -0.2) is 81.2 Å². The summed E-state index contributed by atoms with van der Waals surface area (Å²) in [6, 6.07) is 125. The standard InChI is InChI=1S/C36H28N6O2.C36H24N6.C14H8Cl2O2.C11H9N3O2.C6H7N.C5H3ClN2O2.CH4/c43-35(41-31-13-7-23-37-33(31)39-29-9-3-1-4-10-29)27-19-15-25(16-20-27)26-17-21-28(22-18-26)36(44)42-32-14-8-24-38-34(32)40-30-11-5-2-6-12-30;1-3-9-29(10-4-1)41-33(39-31-13-7-23-37-35(31)41)27-19-15-25(16-20-27)26-17-21-28(22-18-26)34-40-32-14-8-24-38-36(32)42(34)30-11-5-2-6-12-30;15-13(17)11-5-1-9(2-6-11)10-3-7-12(8-4-10)14(16)18;15-14(16)10-7-4-8-12-11(10)13-9-5-2-1-3-6-9;7-6-4-2-1-3-5-6;6-5-4(8(9)10)2-1-3-7-5;/h1-24H,(H,37,39)(H,38,40)(H,41,43)(H,42,44);1-24H;1-8H;1-8H,(H,12,13);1-5H,7H2;1-3H;1H4/p+1. The van der Waals surface area contributed by atoms with Crippen LogP contribution >= 0.6 is 34.8 Å². The third-order valence-electron chi connectivity index (χ3n) is 20.6. The van der Waals surface area contributed by atoms with Crippen LogP contribution in [0.5, 0.6) is 0 Å². The monoisotopic (exact) mass is 1880 g/mol. The number of aromatic nitrogens is 10. The largest absolute Gasteiger partial charge is 1.00 e. The number of anilines is 9. The summed E-state index contributed by atoms with van der Waals surface area (Å²) in [5, 5.41) is 35.1. The summed E-state index contributed by atoms with van der Waals surface area (Å²) >= 11 is 16.1. The van der Waals surface area contributed by atoms with E-state index in [2.05, 4.69) is 138 Å². The van der Waals surface area contributed by atoms with Crippen molar-refractivity contribution < 1.29 is 30.5 Å². The molecular weight excluding hydrogens is 1800 g/mol. The number of amides is 2. The van der Waals surface area contributed by atoms with Gasteiger partial charge in [-0.05, 0) is 239 Å². The Morgan fingerprint density at radius 1 is 0.304 bits per heavy atom. The third-order valence-corrected chi connectivity index (χ3v) is 21.3. The highest BCUT2D eigenvalue weighted by Gasteiger charge is 2.21. The Kier molecular flexibility index (Phi) is 32.7. The summed E-state index contributed by atoms with van der Waals surface area (Å²) in [4.78, 5) is 103. The summed E-state index contributed by atoms with van der Waals surface area (Å²) in [6.45, 7) is 0. The van der Waals surface area contributed by atoms with E-state index in [9.17, 15) is 39.4 Å². The second-order valence-electron chi connectivity index (χ2n) is 29.7. The molecule has 20 rings (SSSR count). The summed E-state index contributed by atoms with van der Waals surface area (Å²) in [7, 11) is 0. The van der Waals surface area contributed by atoms with E-state index in [0.29, 0.717) is 45.3 Å². The van der Waals surface area contributed by atoms with E-state index >= 15 is 0 Å². The molecule has 20 aromatic rings. The summed E-state index contributed by atoms with van der Waals surface area (Å²) in [6.07, 6.45) is 9.87. The lowest BCUT2D eigenvalue weighted by molar-refractivity contribution is -0.385. The number of imidazole rings is 2. The average Bonchev–Trinajstić information content (AvgIpc) is 1.62. The van der Waals surface area contributed by atoms with Crippen LogP contribution in [0.4, 0.5) is 63.0 Å². The highest BCUT2D eigenvalue weighted by atomic mass is 35.5. The van der Waals surface area contributed by atoms with Crippen molar-refractivity contribution in [1.82, 2.24) is 49.0 Å². The lowest BCUT2D eigenvalue weighted by Gasteiger charge is -2.13. The smallest absolute Gasteiger partial charge is 0.399 e. The number of nitrogen functional groups attached to an aromatic ring is 1. The van der Waals surface area contributed by atoms with Crippen molar-refractivity contribution in [2.24, 2.45) is 0 Å². The summed E-state index contributed by atoms with van der Waals surface area (Å²) < 4.78 is 4.24. The van der Waals surface area contributed by atoms with Gasteiger partial charge in [-0.15, -0.1) is 0 Å². The number of nitro groups is 2. The van der Waals surface area contributed by atoms with Gasteiger partial charge in [-0.3, -0.25) is 48.5 Å². The molecule has 8 aromatic heterocycles. The fourth-order valence-corrected chi connectivity index (χ4v) is 14.3. The maximum atomic E-state index is 13.0. The first-order valence-electron chi connectivity index (χ1n) is 42.4. The molecule has 0 unspecified atom stereocenters. The molecule has 29 heteroatoms. The Morgan fingerprint density at radius 3 is 0.899 bits per heavy atom. The Morgan fingerprint density at radius 2 is 0.580 bits per heavy atom. The number of nitrogens with zero attached hydrogens (tertiary/aromatic N) is 12. The molecule has 138 heavy (non-hydrogen) atoms. The highest BCUT2D eigenvalue weighted by Crippen LogP contribution is 2.35. The number of para-hydroxylation sites is 6. The number of pyridine rings is 6. The van der Waals surface area contributed by atoms with E-state index < -0.39 is 20.3 Å². The number of carbonyl (C=O) groups excluding carboxylic acids is 4. The van der Waals surface area contributed by atoms with Crippen LogP contribution in [0.3, 0.4) is 0 Å². The van der Waals surface area contributed by atoms with Crippen LogP contribution in [0, 0.1) is 20.2 Å². The van der Waals surface area contributed by atoms with Crippen molar-refractivity contribution in [1.29, 1.82) is 0 Å². The van der Waals surface area contributed by atoms with Gasteiger partial charge in [-0.25, -0.2) is 39.9 Å². The van der Waals surface area contributed by atoms with Gasteiger partial charge >= 0.3 is 12.8 Å². The molecule has 26 nitrogen and oxygen atoms in total. The summed E-state index contributed by atoms with van der Waals surface area (Å²) in [5.74, 6) is 2.60. The maximum Gasteiger partial charge on any atom is 1.00 e.